The number of hydrazone groups is 1. The fourth-order valence-corrected chi connectivity index (χ4v) is 3.76. The van der Waals surface area contributed by atoms with Crippen molar-refractivity contribution >= 4 is 40.3 Å². The molecule has 2 heterocycles. The van der Waals surface area contributed by atoms with E-state index < -0.39 is 12.0 Å². The minimum absolute atomic E-state index is 0.164. The predicted molar refractivity (Wildman–Crippen MR) is 107 cm³/mol. The monoisotopic (exact) mass is 417 g/mol. The molecule has 2 aromatic rings. The highest BCUT2D eigenvalue weighted by atomic mass is 32.1. The highest BCUT2D eigenvalue weighted by Gasteiger charge is 2.25. The number of ketones is 1. The van der Waals surface area contributed by atoms with Gasteiger partial charge >= 0.3 is 12.0 Å². The quantitative estimate of drug-likeness (QED) is 0.322. The molecule has 3 rings (SSSR count). The minimum atomic E-state index is -0.663. The lowest BCUT2D eigenvalue weighted by molar-refractivity contribution is 0.0527. The molecule has 0 saturated carbocycles. The van der Waals surface area contributed by atoms with Gasteiger partial charge in [0.1, 0.15) is 5.00 Å². The molecule has 10 heteroatoms. The molecule has 0 radical (unpaired) electrons. The van der Waals surface area contributed by atoms with Gasteiger partial charge in [-0.2, -0.15) is 5.10 Å². The lowest BCUT2D eigenvalue weighted by Crippen LogP contribution is -2.24. The number of rotatable bonds is 6. The first-order valence-corrected chi connectivity index (χ1v) is 9.53. The summed E-state index contributed by atoms with van der Waals surface area (Å²) < 4.78 is 15.5. The number of benzene rings is 1. The van der Waals surface area contributed by atoms with Gasteiger partial charge in [0.25, 0.3) is 0 Å². The molecular formula is C19H19N3O6S. The van der Waals surface area contributed by atoms with E-state index in [1.165, 1.54) is 13.1 Å². The van der Waals surface area contributed by atoms with Crippen LogP contribution in [0.3, 0.4) is 0 Å². The van der Waals surface area contributed by atoms with Crippen LogP contribution in [-0.4, -0.2) is 37.4 Å². The summed E-state index contributed by atoms with van der Waals surface area (Å²) in [6, 6.07) is 4.57. The van der Waals surface area contributed by atoms with Crippen molar-refractivity contribution in [3.63, 3.8) is 0 Å². The predicted octanol–water partition coefficient (Wildman–Crippen LogP) is 3.32. The lowest BCUT2D eigenvalue weighted by Gasteiger charge is -2.06. The number of amides is 2. The van der Waals surface area contributed by atoms with Crippen LogP contribution in [0.5, 0.6) is 11.5 Å². The van der Waals surface area contributed by atoms with Gasteiger partial charge in [-0.3, -0.25) is 10.1 Å². The third-order valence-electron chi connectivity index (χ3n) is 3.95. The van der Waals surface area contributed by atoms with Crippen LogP contribution in [0.1, 0.15) is 45.0 Å². The Balaban J connectivity index is 1.70. The van der Waals surface area contributed by atoms with Gasteiger partial charge in [-0.25, -0.2) is 15.0 Å². The molecule has 0 spiro atoms. The molecule has 2 amide bonds. The summed E-state index contributed by atoms with van der Waals surface area (Å²) in [5, 5.41) is 6.65. The number of thiophene rings is 1. The Labute approximate surface area is 170 Å². The summed E-state index contributed by atoms with van der Waals surface area (Å²) in [6.45, 7) is 5.06. The van der Waals surface area contributed by atoms with Gasteiger partial charge in [0.05, 0.1) is 23.3 Å². The average molecular weight is 417 g/mol. The fraction of sp³-hybridized carbons (Fsp3) is 0.263. The summed E-state index contributed by atoms with van der Waals surface area (Å²) in [7, 11) is 0. The summed E-state index contributed by atoms with van der Waals surface area (Å²) >= 11 is 1.02. The first-order chi connectivity index (χ1) is 13.9. The Morgan fingerprint density at radius 1 is 1.28 bits per heavy atom. The van der Waals surface area contributed by atoms with Gasteiger partial charge in [0, 0.05) is 0 Å². The van der Waals surface area contributed by atoms with Crippen LogP contribution in [0.4, 0.5) is 9.80 Å². The number of hydrogen-bond donors (Lipinski definition) is 2. The van der Waals surface area contributed by atoms with Crippen LogP contribution in [0.2, 0.25) is 0 Å². The van der Waals surface area contributed by atoms with Crippen LogP contribution >= 0.6 is 11.3 Å². The Hall–Kier alpha value is -3.40. The van der Waals surface area contributed by atoms with Gasteiger partial charge in [0.2, 0.25) is 6.79 Å². The number of hydrogen-bond acceptors (Lipinski definition) is 8. The molecule has 2 N–H and O–H groups in total. The van der Waals surface area contributed by atoms with Crippen LogP contribution < -0.4 is 20.2 Å². The number of anilines is 1. The maximum Gasteiger partial charge on any atom is 0.341 e. The number of nitrogens with one attached hydrogen (secondary N) is 2. The zero-order valence-electron chi connectivity index (χ0n) is 16.0. The van der Waals surface area contributed by atoms with Gasteiger partial charge < -0.3 is 14.2 Å². The summed E-state index contributed by atoms with van der Waals surface area (Å²) in [5.74, 6) is 0.442. The Bertz CT molecular complexity index is 998. The summed E-state index contributed by atoms with van der Waals surface area (Å²) in [5.41, 5.74) is 3.66. The zero-order chi connectivity index (χ0) is 21.0. The van der Waals surface area contributed by atoms with Crippen molar-refractivity contribution < 1.29 is 28.6 Å². The van der Waals surface area contributed by atoms with E-state index >= 15 is 0 Å². The molecular weight excluding hydrogens is 398 g/mol. The van der Waals surface area contributed by atoms with Gasteiger partial charge in [-0.15, -0.1) is 11.3 Å². The molecule has 0 aliphatic carbocycles. The van der Waals surface area contributed by atoms with Crippen molar-refractivity contribution in [2.24, 2.45) is 5.10 Å². The second kappa shape index (κ2) is 8.74. The van der Waals surface area contributed by atoms with Crippen LogP contribution in [0, 0.1) is 6.92 Å². The molecule has 0 saturated heterocycles. The highest BCUT2D eigenvalue weighted by molar-refractivity contribution is 7.18. The SMILES string of the molecule is CCOC(=O)c1c(NC(=O)N/N=C\c2ccc3c(c2)OCO3)sc(C(C)=O)c1C. The number of carbonyl (C=O) groups excluding carboxylic acids is 3. The van der Waals surface area contributed by atoms with E-state index in [1.54, 1.807) is 32.0 Å². The summed E-state index contributed by atoms with van der Waals surface area (Å²) in [6.07, 6.45) is 1.44. The molecule has 1 aliphatic heterocycles. The summed E-state index contributed by atoms with van der Waals surface area (Å²) in [4.78, 5) is 36.6. The maximum absolute atomic E-state index is 12.2. The molecule has 1 aromatic heterocycles. The van der Waals surface area contributed by atoms with Crippen molar-refractivity contribution in [1.29, 1.82) is 0 Å². The highest BCUT2D eigenvalue weighted by Crippen LogP contribution is 2.34. The topological polar surface area (TPSA) is 115 Å². The van der Waals surface area contributed by atoms with E-state index in [-0.39, 0.29) is 29.7 Å². The molecule has 152 valence electrons. The third kappa shape index (κ3) is 4.54. The van der Waals surface area contributed by atoms with Crippen LogP contribution in [-0.2, 0) is 4.74 Å². The number of fused-ring (bicyclic) bond motifs is 1. The van der Waals surface area contributed by atoms with E-state index in [2.05, 4.69) is 15.8 Å². The Morgan fingerprint density at radius 3 is 2.76 bits per heavy atom. The van der Waals surface area contributed by atoms with Crippen molar-refractivity contribution in [3.05, 3.63) is 39.8 Å². The number of ether oxygens (including phenoxy) is 3. The Morgan fingerprint density at radius 2 is 2.03 bits per heavy atom. The van der Waals surface area contributed by atoms with Crippen molar-refractivity contribution in [2.45, 2.75) is 20.8 Å². The first-order valence-electron chi connectivity index (χ1n) is 8.71. The zero-order valence-corrected chi connectivity index (χ0v) is 16.8. The van der Waals surface area contributed by atoms with E-state index in [4.69, 9.17) is 14.2 Å². The molecule has 0 fully saturated rings. The molecule has 0 unspecified atom stereocenters. The first kappa shape index (κ1) is 20.3. The molecule has 29 heavy (non-hydrogen) atoms. The maximum atomic E-state index is 12.2. The van der Waals surface area contributed by atoms with E-state index in [1.807, 2.05) is 0 Å². The number of nitrogens with zero attached hydrogens (tertiary/aromatic N) is 1. The number of carbonyl (C=O) groups is 3. The second-order valence-electron chi connectivity index (χ2n) is 5.97. The molecule has 1 aliphatic rings. The van der Waals surface area contributed by atoms with Gasteiger partial charge in [0.15, 0.2) is 17.3 Å². The number of Topliss-reactive ketones (excluding diaryl/α,β-unsaturated/α-hetero) is 1. The number of esters is 1. The Kier molecular flexibility index (Phi) is 6.13. The van der Waals surface area contributed by atoms with Crippen molar-refractivity contribution in [2.75, 3.05) is 18.7 Å². The largest absolute Gasteiger partial charge is 0.462 e. The van der Waals surface area contributed by atoms with Crippen LogP contribution in [0.25, 0.3) is 0 Å². The number of urea groups is 1. The fourth-order valence-electron chi connectivity index (χ4n) is 2.68. The normalized spacial score (nSPS) is 12.1. The third-order valence-corrected chi connectivity index (χ3v) is 5.26. The minimum Gasteiger partial charge on any atom is -0.462 e. The van der Waals surface area contributed by atoms with Crippen molar-refractivity contribution in [1.82, 2.24) is 5.43 Å². The van der Waals surface area contributed by atoms with Crippen LogP contribution in [0.15, 0.2) is 23.3 Å². The van der Waals surface area contributed by atoms with E-state index in [0.717, 1.165) is 11.3 Å². The lowest BCUT2D eigenvalue weighted by atomic mass is 10.1. The standard InChI is InChI=1S/C19H19N3O6S/c1-4-26-18(24)15-10(2)16(11(3)23)29-17(15)21-19(25)22-20-8-12-5-6-13-14(7-12)28-9-27-13/h5-8H,4,9H2,1-3H3,(H2,21,22,25)/b20-8-. The van der Waals surface area contributed by atoms with E-state index in [9.17, 15) is 14.4 Å². The van der Waals surface area contributed by atoms with E-state index in [0.29, 0.717) is 27.5 Å². The van der Waals surface area contributed by atoms with Crippen molar-refractivity contribution in [3.8, 4) is 11.5 Å². The molecule has 9 nitrogen and oxygen atoms in total. The molecule has 0 atom stereocenters. The molecule has 0 bridgehead atoms. The second-order valence-corrected chi connectivity index (χ2v) is 6.99. The smallest absolute Gasteiger partial charge is 0.341 e. The average Bonchev–Trinajstić information content (AvgIpc) is 3.25. The van der Waals surface area contributed by atoms with Gasteiger partial charge in [-0.05, 0) is 50.1 Å². The molecule has 1 aromatic carbocycles. The van der Waals surface area contributed by atoms with Gasteiger partial charge in [-0.1, -0.05) is 0 Å².